The van der Waals surface area contributed by atoms with Gasteiger partial charge in [-0.05, 0) is 24.6 Å². The van der Waals surface area contributed by atoms with Crippen molar-refractivity contribution in [1.29, 1.82) is 0 Å². The molecular weight excluding hydrogens is 516 g/mol. The largest absolute Gasteiger partial charge is 0.484 e. The number of nitro groups is 1. The van der Waals surface area contributed by atoms with Crippen molar-refractivity contribution in [3.63, 3.8) is 0 Å². The molecule has 0 spiro atoms. The Morgan fingerprint density at radius 3 is 2.40 bits per heavy atom. The van der Waals surface area contributed by atoms with Crippen LogP contribution in [0, 0.1) is 10.1 Å². The number of nitro benzene ring substituents is 1. The molecule has 0 aliphatic heterocycles. The third-order valence-electron chi connectivity index (χ3n) is 3.72. The molecule has 11 heteroatoms. The van der Waals surface area contributed by atoms with E-state index >= 15 is 0 Å². The highest BCUT2D eigenvalue weighted by Crippen LogP contribution is 2.19. The van der Waals surface area contributed by atoms with Gasteiger partial charge in [0, 0.05) is 24.7 Å². The summed E-state index contributed by atoms with van der Waals surface area (Å²) < 4.78 is 41.2. The van der Waals surface area contributed by atoms with E-state index in [4.69, 9.17) is 0 Å². The molecule has 0 radical (unpaired) electrons. The number of benzene rings is 2. The number of halogens is 4. The Morgan fingerprint density at radius 2 is 1.80 bits per heavy atom. The third kappa shape index (κ3) is 8.84. The Labute approximate surface area is 188 Å². The monoisotopic (exact) mass is 538 g/mol. The van der Waals surface area contributed by atoms with Gasteiger partial charge in [0.1, 0.15) is 5.75 Å². The minimum atomic E-state index is -4.39. The lowest BCUT2D eigenvalue weighted by Gasteiger charge is -2.12. The third-order valence-corrected chi connectivity index (χ3v) is 3.72. The average molecular weight is 538 g/mol. The zero-order chi connectivity index (χ0) is 21.3. The molecule has 2 N–H and O–H groups in total. The number of nitrogens with one attached hydrogen (secondary N) is 2. The summed E-state index contributed by atoms with van der Waals surface area (Å²) >= 11 is 0. The molecule has 0 heterocycles. The summed E-state index contributed by atoms with van der Waals surface area (Å²) in [4.78, 5) is 15.0. The van der Waals surface area contributed by atoms with Crippen LogP contribution in [0.5, 0.6) is 5.75 Å². The molecule has 30 heavy (non-hydrogen) atoms. The van der Waals surface area contributed by atoms with Crippen molar-refractivity contribution in [3.05, 3.63) is 69.8 Å². The average Bonchev–Trinajstić information content (AvgIpc) is 2.69. The number of nitrogens with zero attached hydrogens (tertiary/aromatic N) is 2. The van der Waals surface area contributed by atoms with Crippen LogP contribution in [0.15, 0.2) is 53.5 Å². The van der Waals surface area contributed by atoms with Gasteiger partial charge >= 0.3 is 6.18 Å². The van der Waals surface area contributed by atoms with E-state index in [2.05, 4.69) is 20.4 Å². The number of hydrogen-bond donors (Lipinski definition) is 2. The van der Waals surface area contributed by atoms with E-state index in [0.29, 0.717) is 18.1 Å². The summed E-state index contributed by atoms with van der Waals surface area (Å²) in [6.45, 7) is 1.62. The highest BCUT2D eigenvalue weighted by atomic mass is 127. The molecule has 2 aromatic carbocycles. The lowest BCUT2D eigenvalue weighted by molar-refractivity contribution is -0.385. The van der Waals surface area contributed by atoms with Crippen molar-refractivity contribution >= 4 is 35.6 Å². The van der Waals surface area contributed by atoms with Crippen LogP contribution in [0.25, 0.3) is 0 Å². The van der Waals surface area contributed by atoms with Gasteiger partial charge in [0.2, 0.25) is 0 Å². The van der Waals surface area contributed by atoms with Crippen molar-refractivity contribution in [2.24, 2.45) is 4.99 Å². The topological polar surface area (TPSA) is 88.8 Å². The summed E-state index contributed by atoms with van der Waals surface area (Å²) in [6, 6.07) is 12.6. The molecule has 0 aliphatic rings. The van der Waals surface area contributed by atoms with E-state index in [9.17, 15) is 23.3 Å². The molecule has 2 rings (SSSR count). The van der Waals surface area contributed by atoms with Crippen LogP contribution in [0.1, 0.15) is 18.1 Å². The Hall–Kier alpha value is -2.57. The van der Waals surface area contributed by atoms with Crippen LogP contribution < -0.4 is 15.4 Å². The number of rotatable bonds is 8. The number of aliphatic imine (C=N–C) groups is 1. The fraction of sp³-hybridized carbons (Fsp3) is 0.316. The van der Waals surface area contributed by atoms with Gasteiger partial charge in [0.25, 0.3) is 5.69 Å². The fourth-order valence-corrected chi connectivity index (χ4v) is 2.39. The summed E-state index contributed by atoms with van der Waals surface area (Å²) in [5, 5.41) is 17.2. The molecule has 164 valence electrons. The first-order valence-electron chi connectivity index (χ1n) is 8.81. The second-order valence-electron chi connectivity index (χ2n) is 5.98. The summed E-state index contributed by atoms with van der Waals surface area (Å²) in [6.07, 6.45) is -4.39. The Bertz CT molecular complexity index is 846. The molecule has 0 bridgehead atoms. The van der Waals surface area contributed by atoms with Crippen LogP contribution in [0.2, 0.25) is 0 Å². The quantitative estimate of drug-likeness (QED) is 0.171. The van der Waals surface area contributed by atoms with Gasteiger partial charge in [-0.2, -0.15) is 13.2 Å². The van der Waals surface area contributed by atoms with E-state index < -0.39 is 17.7 Å². The van der Waals surface area contributed by atoms with Gasteiger partial charge < -0.3 is 15.4 Å². The number of para-hydroxylation sites is 1. The fourth-order valence-electron chi connectivity index (χ4n) is 2.39. The van der Waals surface area contributed by atoms with Crippen LogP contribution >= 0.6 is 24.0 Å². The predicted octanol–water partition coefficient (Wildman–Crippen LogP) is 4.41. The highest BCUT2D eigenvalue weighted by molar-refractivity contribution is 14.0. The van der Waals surface area contributed by atoms with E-state index in [-0.39, 0.29) is 48.5 Å². The molecule has 0 aromatic heterocycles. The first-order chi connectivity index (χ1) is 13.8. The minimum absolute atomic E-state index is 0. The lowest BCUT2D eigenvalue weighted by atomic mass is 10.2. The molecule has 0 atom stereocenters. The SMILES string of the molecule is CCNC(=NCc1ccc(OCC(F)(F)F)cc1)NCc1ccccc1[N+](=O)[O-].I. The standard InChI is InChI=1S/C19H21F3N4O3.HI/c1-2-23-18(25-12-15-5-3-4-6-17(15)26(27)28)24-11-14-7-9-16(10-8-14)29-13-19(20,21)22;/h3-10H,2,11-13H2,1H3,(H2,23,24,25);1H. The number of hydrogen-bond acceptors (Lipinski definition) is 4. The molecule has 0 saturated carbocycles. The van der Waals surface area contributed by atoms with Crippen molar-refractivity contribution < 1.29 is 22.8 Å². The first-order valence-corrected chi connectivity index (χ1v) is 8.81. The number of alkyl halides is 3. The van der Waals surface area contributed by atoms with Crippen LogP contribution in [0.4, 0.5) is 18.9 Å². The predicted molar refractivity (Wildman–Crippen MR) is 118 cm³/mol. The molecule has 0 amide bonds. The minimum Gasteiger partial charge on any atom is -0.484 e. The van der Waals surface area contributed by atoms with Crippen LogP contribution in [-0.4, -0.2) is 30.2 Å². The molecule has 0 saturated heterocycles. The number of guanidine groups is 1. The van der Waals surface area contributed by atoms with E-state index in [1.807, 2.05) is 6.92 Å². The van der Waals surface area contributed by atoms with Gasteiger partial charge in [-0.15, -0.1) is 24.0 Å². The second kappa shape index (κ2) is 12.2. The van der Waals surface area contributed by atoms with E-state index in [1.165, 1.54) is 18.2 Å². The van der Waals surface area contributed by atoms with Gasteiger partial charge in [-0.25, -0.2) is 4.99 Å². The molecular formula is C19H22F3IN4O3. The van der Waals surface area contributed by atoms with Gasteiger partial charge in [0.05, 0.1) is 11.5 Å². The van der Waals surface area contributed by atoms with Crippen molar-refractivity contribution in [3.8, 4) is 5.75 Å². The van der Waals surface area contributed by atoms with Crippen molar-refractivity contribution in [1.82, 2.24) is 10.6 Å². The Balaban J connectivity index is 0.00000450. The van der Waals surface area contributed by atoms with Crippen LogP contribution in [-0.2, 0) is 13.1 Å². The summed E-state index contributed by atoms with van der Waals surface area (Å²) in [5.74, 6) is 0.583. The normalized spacial score (nSPS) is 11.4. The van der Waals surface area contributed by atoms with E-state index in [1.54, 1.807) is 30.3 Å². The molecule has 0 fully saturated rings. The maximum atomic E-state index is 12.2. The molecule has 0 unspecified atom stereocenters. The molecule has 7 nitrogen and oxygen atoms in total. The van der Waals surface area contributed by atoms with Crippen molar-refractivity contribution in [2.45, 2.75) is 26.2 Å². The summed E-state index contributed by atoms with van der Waals surface area (Å²) in [7, 11) is 0. The molecule has 2 aromatic rings. The van der Waals surface area contributed by atoms with Gasteiger partial charge in [-0.1, -0.05) is 30.3 Å². The zero-order valence-electron chi connectivity index (χ0n) is 16.1. The van der Waals surface area contributed by atoms with Crippen molar-refractivity contribution in [2.75, 3.05) is 13.2 Å². The summed E-state index contributed by atoms with van der Waals surface area (Å²) in [5.41, 5.74) is 1.31. The van der Waals surface area contributed by atoms with Gasteiger partial charge in [0.15, 0.2) is 12.6 Å². The first kappa shape index (κ1) is 25.5. The second-order valence-corrected chi connectivity index (χ2v) is 5.98. The zero-order valence-corrected chi connectivity index (χ0v) is 18.4. The highest BCUT2D eigenvalue weighted by Gasteiger charge is 2.28. The van der Waals surface area contributed by atoms with Gasteiger partial charge in [-0.3, -0.25) is 10.1 Å². The smallest absolute Gasteiger partial charge is 0.422 e. The Morgan fingerprint density at radius 1 is 1.13 bits per heavy atom. The van der Waals surface area contributed by atoms with E-state index in [0.717, 1.165) is 5.56 Å². The maximum absolute atomic E-state index is 12.2. The molecule has 0 aliphatic carbocycles. The lowest BCUT2D eigenvalue weighted by Crippen LogP contribution is -2.36. The Kier molecular flexibility index (Phi) is 10.4. The van der Waals surface area contributed by atoms with Crippen LogP contribution in [0.3, 0.4) is 0 Å². The maximum Gasteiger partial charge on any atom is 0.422 e. The number of ether oxygens (including phenoxy) is 1.